The Hall–Kier alpha value is -4.04. The topological polar surface area (TPSA) is 84.9 Å². The van der Waals surface area contributed by atoms with E-state index >= 15 is 0 Å². The van der Waals surface area contributed by atoms with E-state index in [1.165, 1.54) is 16.4 Å². The van der Waals surface area contributed by atoms with Crippen LogP contribution in [0, 0.1) is 0 Å². The molecule has 1 amide bonds. The molecule has 0 aromatic heterocycles. The number of nitrogens with zero attached hydrogens (tertiary/aromatic N) is 1. The van der Waals surface area contributed by atoms with Crippen LogP contribution in [0.4, 0.5) is 5.69 Å². The van der Waals surface area contributed by atoms with Crippen molar-refractivity contribution in [2.75, 3.05) is 24.0 Å². The van der Waals surface area contributed by atoms with Gasteiger partial charge >= 0.3 is 0 Å². The largest absolute Gasteiger partial charge is 0.491 e. The van der Waals surface area contributed by atoms with Crippen molar-refractivity contribution in [3.63, 3.8) is 0 Å². The lowest BCUT2D eigenvalue weighted by Crippen LogP contribution is -2.51. The number of sulfonamides is 1. The third-order valence-electron chi connectivity index (χ3n) is 5.77. The zero-order valence-corrected chi connectivity index (χ0v) is 19.6. The van der Waals surface area contributed by atoms with Crippen LogP contribution in [0.1, 0.15) is 0 Å². The van der Waals surface area contributed by atoms with E-state index in [2.05, 4.69) is 5.32 Å². The molecule has 4 aromatic rings. The molecule has 1 aliphatic heterocycles. The van der Waals surface area contributed by atoms with E-state index in [9.17, 15) is 13.2 Å². The van der Waals surface area contributed by atoms with Gasteiger partial charge in [-0.2, -0.15) is 0 Å². The molecule has 0 spiro atoms. The number of anilines is 1. The van der Waals surface area contributed by atoms with Gasteiger partial charge in [-0.3, -0.25) is 9.10 Å². The minimum absolute atomic E-state index is 0.135. The number of hydrogen-bond acceptors (Lipinski definition) is 5. The third kappa shape index (κ3) is 4.65. The highest BCUT2D eigenvalue weighted by molar-refractivity contribution is 7.92. The first kappa shape index (κ1) is 22.7. The zero-order valence-electron chi connectivity index (χ0n) is 18.8. The maximum absolute atomic E-state index is 13.4. The van der Waals surface area contributed by atoms with Crippen molar-refractivity contribution in [2.24, 2.45) is 0 Å². The summed E-state index contributed by atoms with van der Waals surface area (Å²) in [5.41, 5.74) is 0.402. The summed E-state index contributed by atoms with van der Waals surface area (Å²) >= 11 is 0. The number of para-hydroxylation sites is 2. The van der Waals surface area contributed by atoms with Crippen LogP contribution in [0.25, 0.3) is 10.8 Å². The number of nitrogens with one attached hydrogen (secondary N) is 1. The Kier molecular flexibility index (Phi) is 6.29. The molecule has 1 heterocycles. The van der Waals surface area contributed by atoms with Crippen molar-refractivity contribution in [3.05, 3.63) is 97.1 Å². The molecule has 4 aromatic carbocycles. The average molecular weight is 489 g/mol. The monoisotopic (exact) mass is 488 g/mol. The molecule has 8 heteroatoms. The van der Waals surface area contributed by atoms with Gasteiger partial charge in [-0.15, -0.1) is 0 Å². The summed E-state index contributed by atoms with van der Waals surface area (Å²) in [5, 5.41) is 4.87. The fraction of sp³-hybridized carbons (Fsp3) is 0.148. The summed E-state index contributed by atoms with van der Waals surface area (Å²) in [6.07, 6.45) is -0.999. The van der Waals surface area contributed by atoms with Crippen molar-refractivity contribution in [1.82, 2.24) is 5.32 Å². The third-order valence-corrected chi connectivity index (χ3v) is 7.56. The molecule has 178 valence electrons. The standard InChI is InChI=1S/C27H24N2O5S/c30-27(28-17-18-33-24-16-8-10-20-9-4-5-13-22(20)24)26-19-29(23-14-6-7-15-25(23)34-26)35(31,32)21-11-2-1-3-12-21/h1-16,26H,17-19H2,(H,28,30)/t26-/m0/s1. The smallest absolute Gasteiger partial charge is 0.264 e. The van der Waals surface area contributed by atoms with Gasteiger partial charge in [0.1, 0.15) is 18.1 Å². The fourth-order valence-electron chi connectivity index (χ4n) is 4.06. The Labute approximate surface area is 204 Å². The number of fused-ring (bicyclic) bond motifs is 2. The number of carbonyl (C=O) groups is 1. The second-order valence-electron chi connectivity index (χ2n) is 8.04. The fourth-order valence-corrected chi connectivity index (χ4v) is 5.55. The molecule has 0 unspecified atom stereocenters. The second kappa shape index (κ2) is 9.68. The van der Waals surface area contributed by atoms with Crippen LogP contribution in [0.5, 0.6) is 11.5 Å². The minimum Gasteiger partial charge on any atom is -0.491 e. The van der Waals surface area contributed by atoms with Gasteiger partial charge in [-0.05, 0) is 35.7 Å². The van der Waals surface area contributed by atoms with Crippen LogP contribution in [0.3, 0.4) is 0 Å². The van der Waals surface area contributed by atoms with E-state index in [1.54, 1.807) is 42.5 Å². The Bertz CT molecular complexity index is 1450. The van der Waals surface area contributed by atoms with Gasteiger partial charge in [0, 0.05) is 5.39 Å². The number of benzene rings is 4. The molecule has 1 N–H and O–H groups in total. The molecule has 0 bridgehead atoms. The average Bonchev–Trinajstić information content (AvgIpc) is 2.91. The SMILES string of the molecule is O=C(NCCOc1cccc2ccccc12)[C@@H]1CN(S(=O)(=O)c2ccccc2)c2ccccc2O1. The van der Waals surface area contributed by atoms with Crippen LogP contribution in [0.15, 0.2) is 102 Å². The van der Waals surface area contributed by atoms with E-state index < -0.39 is 22.0 Å². The number of carbonyl (C=O) groups excluding carboxylic acids is 1. The molecule has 1 aliphatic rings. The van der Waals surface area contributed by atoms with Gasteiger partial charge in [-0.1, -0.05) is 66.7 Å². The molecule has 0 fully saturated rings. The van der Waals surface area contributed by atoms with E-state index in [4.69, 9.17) is 9.47 Å². The summed E-state index contributed by atoms with van der Waals surface area (Å²) in [6, 6.07) is 28.7. The van der Waals surface area contributed by atoms with Crippen molar-refractivity contribution in [2.45, 2.75) is 11.0 Å². The molecule has 0 saturated heterocycles. The first-order chi connectivity index (χ1) is 17.0. The lowest BCUT2D eigenvalue weighted by molar-refractivity contribution is -0.127. The van der Waals surface area contributed by atoms with Crippen molar-refractivity contribution in [3.8, 4) is 11.5 Å². The molecule has 0 aliphatic carbocycles. The summed E-state index contributed by atoms with van der Waals surface area (Å²) in [6.45, 7) is 0.369. The first-order valence-electron chi connectivity index (χ1n) is 11.3. The highest BCUT2D eigenvalue weighted by Gasteiger charge is 2.37. The van der Waals surface area contributed by atoms with Crippen LogP contribution < -0.4 is 19.1 Å². The van der Waals surface area contributed by atoms with Crippen molar-refractivity contribution < 1.29 is 22.7 Å². The minimum atomic E-state index is -3.88. The van der Waals surface area contributed by atoms with E-state index in [0.29, 0.717) is 11.4 Å². The molecular weight excluding hydrogens is 464 g/mol. The summed E-state index contributed by atoms with van der Waals surface area (Å²) in [5.74, 6) is 0.667. The molecule has 5 rings (SSSR count). The zero-order chi connectivity index (χ0) is 24.3. The highest BCUT2D eigenvalue weighted by Crippen LogP contribution is 2.36. The quantitative estimate of drug-likeness (QED) is 0.398. The van der Waals surface area contributed by atoms with Crippen LogP contribution in [-0.2, 0) is 14.8 Å². The number of ether oxygens (including phenoxy) is 2. The maximum Gasteiger partial charge on any atom is 0.264 e. The molecule has 0 saturated carbocycles. The van der Waals surface area contributed by atoms with E-state index in [0.717, 1.165) is 16.5 Å². The van der Waals surface area contributed by atoms with Crippen molar-refractivity contribution in [1.29, 1.82) is 0 Å². The van der Waals surface area contributed by atoms with Gasteiger partial charge in [0.2, 0.25) is 0 Å². The molecule has 1 atom stereocenters. The van der Waals surface area contributed by atoms with E-state index in [-0.39, 0.29) is 24.6 Å². The lowest BCUT2D eigenvalue weighted by atomic mass is 10.1. The van der Waals surface area contributed by atoms with Crippen LogP contribution >= 0.6 is 0 Å². The second-order valence-corrected chi connectivity index (χ2v) is 9.90. The molecule has 7 nitrogen and oxygen atoms in total. The Balaban J connectivity index is 1.27. The molecular formula is C27H24N2O5S. The summed E-state index contributed by atoms with van der Waals surface area (Å²) in [4.78, 5) is 13.1. The normalized spacial score (nSPS) is 15.2. The summed E-state index contributed by atoms with van der Waals surface area (Å²) in [7, 11) is -3.88. The molecule has 0 radical (unpaired) electrons. The predicted molar refractivity (Wildman–Crippen MR) is 134 cm³/mol. The first-order valence-corrected chi connectivity index (χ1v) is 12.7. The highest BCUT2D eigenvalue weighted by atomic mass is 32.2. The summed E-state index contributed by atoms with van der Waals surface area (Å²) < 4.78 is 39.7. The Morgan fingerprint density at radius 2 is 1.63 bits per heavy atom. The number of rotatable bonds is 7. The van der Waals surface area contributed by atoms with Gasteiger partial charge in [0.25, 0.3) is 15.9 Å². The molecule has 35 heavy (non-hydrogen) atoms. The van der Waals surface area contributed by atoms with Gasteiger partial charge in [0.05, 0.1) is 23.7 Å². The van der Waals surface area contributed by atoms with Gasteiger partial charge in [0.15, 0.2) is 6.10 Å². The van der Waals surface area contributed by atoms with Crippen molar-refractivity contribution >= 4 is 32.4 Å². The number of hydrogen-bond donors (Lipinski definition) is 1. The lowest BCUT2D eigenvalue weighted by Gasteiger charge is -2.34. The predicted octanol–water partition coefficient (Wildman–Crippen LogP) is 3.99. The van der Waals surface area contributed by atoms with Gasteiger partial charge < -0.3 is 14.8 Å². The maximum atomic E-state index is 13.4. The van der Waals surface area contributed by atoms with E-state index in [1.807, 2.05) is 42.5 Å². The Morgan fingerprint density at radius 1 is 0.914 bits per heavy atom. The van der Waals surface area contributed by atoms with Crippen LogP contribution in [-0.4, -0.2) is 40.1 Å². The van der Waals surface area contributed by atoms with Gasteiger partial charge in [-0.25, -0.2) is 8.42 Å². The Morgan fingerprint density at radius 3 is 2.49 bits per heavy atom. The van der Waals surface area contributed by atoms with Crippen LogP contribution in [0.2, 0.25) is 0 Å². The number of amides is 1.